The maximum absolute atomic E-state index is 4.45. The maximum Gasteiger partial charge on any atom is 0.0994 e. The molecule has 0 aliphatic heterocycles. The lowest BCUT2D eigenvalue weighted by molar-refractivity contribution is 0.993. The SMILES string of the molecule is CCc1cccnc1SCc1ccc(C)cc1. The Labute approximate surface area is 107 Å². The standard InChI is InChI=1S/C15H17NS/c1-3-14-5-4-10-16-15(14)17-11-13-8-6-12(2)7-9-13/h4-10H,3,11H2,1-2H3. The highest BCUT2D eigenvalue weighted by Gasteiger charge is 2.02. The molecule has 0 bridgehead atoms. The fraction of sp³-hybridized carbons (Fsp3) is 0.267. The molecule has 0 aliphatic carbocycles. The Morgan fingerprint density at radius 1 is 1.12 bits per heavy atom. The molecule has 0 radical (unpaired) electrons. The monoisotopic (exact) mass is 243 g/mol. The second kappa shape index (κ2) is 5.87. The van der Waals surface area contributed by atoms with Gasteiger partial charge in [-0.05, 0) is 30.5 Å². The Hall–Kier alpha value is -1.28. The van der Waals surface area contributed by atoms with Crippen molar-refractivity contribution in [2.24, 2.45) is 0 Å². The molecule has 0 N–H and O–H groups in total. The van der Waals surface area contributed by atoms with Crippen LogP contribution in [-0.2, 0) is 12.2 Å². The second-order valence-corrected chi connectivity index (χ2v) is 5.06. The average molecular weight is 243 g/mol. The summed E-state index contributed by atoms with van der Waals surface area (Å²) in [7, 11) is 0. The fourth-order valence-corrected chi connectivity index (χ4v) is 2.69. The van der Waals surface area contributed by atoms with Crippen molar-refractivity contribution in [1.82, 2.24) is 4.98 Å². The summed E-state index contributed by atoms with van der Waals surface area (Å²) >= 11 is 1.82. The lowest BCUT2D eigenvalue weighted by Crippen LogP contribution is -1.89. The van der Waals surface area contributed by atoms with Gasteiger partial charge in [-0.1, -0.05) is 42.8 Å². The number of thioether (sulfide) groups is 1. The van der Waals surface area contributed by atoms with E-state index in [1.165, 1.54) is 16.7 Å². The van der Waals surface area contributed by atoms with Gasteiger partial charge in [0, 0.05) is 11.9 Å². The highest BCUT2D eigenvalue weighted by atomic mass is 32.2. The molecule has 0 atom stereocenters. The van der Waals surface area contributed by atoms with Crippen molar-refractivity contribution >= 4 is 11.8 Å². The summed E-state index contributed by atoms with van der Waals surface area (Å²) in [4.78, 5) is 4.45. The van der Waals surface area contributed by atoms with Crippen molar-refractivity contribution < 1.29 is 0 Å². The predicted molar refractivity (Wildman–Crippen MR) is 74.4 cm³/mol. The van der Waals surface area contributed by atoms with Gasteiger partial charge in [-0.25, -0.2) is 4.98 Å². The molecule has 0 aliphatic rings. The third kappa shape index (κ3) is 3.34. The van der Waals surface area contributed by atoms with Gasteiger partial charge in [-0.15, -0.1) is 11.8 Å². The minimum absolute atomic E-state index is 0.990. The first-order chi connectivity index (χ1) is 8.29. The summed E-state index contributed by atoms with van der Waals surface area (Å²) < 4.78 is 0. The molecule has 88 valence electrons. The Morgan fingerprint density at radius 3 is 2.59 bits per heavy atom. The van der Waals surface area contributed by atoms with E-state index >= 15 is 0 Å². The number of aryl methyl sites for hydroxylation is 2. The fourth-order valence-electron chi connectivity index (χ4n) is 1.66. The van der Waals surface area contributed by atoms with Gasteiger partial charge in [0.1, 0.15) is 0 Å². The van der Waals surface area contributed by atoms with Crippen molar-refractivity contribution in [2.45, 2.75) is 31.0 Å². The zero-order chi connectivity index (χ0) is 12.1. The van der Waals surface area contributed by atoms with Crippen LogP contribution in [0, 0.1) is 6.92 Å². The quantitative estimate of drug-likeness (QED) is 0.745. The number of hydrogen-bond acceptors (Lipinski definition) is 2. The summed E-state index contributed by atoms with van der Waals surface area (Å²) in [6, 6.07) is 12.9. The first kappa shape index (κ1) is 12.2. The first-order valence-electron chi connectivity index (χ1n) is 5.92. The van der Waals surface area contributed by atoms with Crippen molar-refractivity contribution in [2.75, 3.05) is 0 Å². The number of hydrogen-bond donors (Lipinski definition) is 0. The summed E-state index contributed by atoms with van der Waals surface area (Å²) in [6.45, 7) is 4.29. The van der Waals surface area contributed by atoms with Gasteiger partial charge in [0.15, 0.2) is 0 Å². The van der Waals surface area contributed by atoms with Crippen LogP contribution in [0.1, 0.15) is 23.6 Å². The van der Waals surface area contributed by atoms with E-state index in [1.54, 1.807) is 0 Å². The summed E-state index contributed by atoms with van der Waals surface area (Å²) in [5.74, 6) is 0.990. The van der Waals surface area contributed by atoms with Crippen LogP contribution in [0.3, 0.4) is 0 Å². The van der Waals surface area contributed by atoms with Crippen LogP contribution in [0.2, 0.25) is 0 Å². The molecular weight excluding hydrogens is 226 g/mol. The van der Waals surface area contributed by atoms with Gasteiger partial charge in [0.25, 0.3) is 0 Å². The molecule has 0 amide bonds. The summed E-state index contributed by atoms with van der Waals surface area (Å²) in [6.07, 6.45) is 2.92. The number of rotatable bonds is 4. The lowest BCUT2D eigenvalue weighted by atomic mass is 10.2. The van der Waals surface area contributed by atoms with E-state index in [-0.39, 0.29) is 0 Å². The zero-order valence-corrected chi connectivity index (χ0v) is 11.1. The number of benzene rings is 1. The van der Waals surface area contributed by atoms with E-state index in [9.17, 15) is 0 Å². The molecule has 1 aromatic heterocycles. The van der Waals surface area contributed by atoms with Gasteiger partial charge in [0.2, 0.25) is 0 Å². The molecule has 1 nitrogen and oxygen atoms in total. The molecule has 0 saturated heterocycles. The van der Waals surface area contributed by atoms with Gasteiger partial charge >= 0.3 is 0 Å². The molecule has 0 saturated carbocycles. The molecule has 1 heterocycles. The van der Waals surface area contributed by atoms with Crippen LogP contribution in [-0.4, -0.2) is 4.98 Å². The molecule has 0 fully saturated rings. The van der Waals surface area contributed by atoms with Crippen LogP contribution < -0.4 is 0 Å². The largest absolute Gasteiger partial charge is 0.250 e. The van der Waals surface area contributed by atoms with E-state index in [0.717, 1.165) is 17.2 Å². The van der Waals surface area contributed by atoms with E-state index < -0.39 is 0 Å². The summed E-state index contributed by atoms with van der Waals surface area (Å²) in [5, 5.41) is 1.16. The Kier molecular flexibility index (Phi) is 4.21. The Morgan fingerprint density at radius 2 is 1.88 bits per heavy atom. The van der Waals surface area contributed by atoms with Gasteiger partial charge in [-0.2, -0.15) is 0 Å². The zero-order valence-electron chi connectivity index (χ0n) is 10.3. The maximum atomic E-state index is 4.45. The van der Waals surface area contributed by atoms with E-state index in [1.807, 2.05) is 24.0 Å². The molecule has 17 heavy (non-hydrogen) atoms. The number of aromatic nitrogens is 1. The topological polar surface area (TPSA) is 12.9 Å². The van der Waals surface area contributed by atoms with Crippen LogP contribution >= 0.6 is 11.8 Å². The summed E-state index contributed by atoms with van der Waals surface area (Å²) in [5.41, 5.74) is 4.00. The third-order valence-electron chi connectivity index (χ3n) is 2.73. The van der Waals surface area contributed by atoms with Gasteiger partial charge in [0.05, 0.1) is 5.03 Å². The normalized spacial score (nSPS) is 10.5. The van der Waals surface area contributed by atoms with Crippen LogP contribution in [0.5, 0.6) is 0 Å². The molecular formula is C15H17NS. The number of pyridine rings is 1. The second-order valence-electron chi connectivity index (χ2n) is 4.10. The molecule has 1 aromatic carbocycles. The van der Waals surface area contributed by atoms with Crippen LogP contribution in [0.4, 0.5) is 0 Å². The first-order valence-corrected chi connectivity index (χ1v) is 6.90. The van der Waals surface area contributed by atoms with E-state index in [4.69, 9.17) is 0 Å². The van der Waals surface area contributed by atoms with Gasteiger partial charge in [-0.3, -0.25) is 0 Å². The highest BCUT2D eigenvalue weighted by molar-refractivity contribution is 7.98. The van der Waals surface area contributed by atoms with E-state index in [2.05, 4.69) is 49.2 Å². The molecule has 0 spiro atoms. The number of nitrogens with zero attached hydrogens (tertiary/aromatic N) is 1. The van der Waals surface area contributed by atoms with Crippen molar-refractivity contribution in [3.8, 4) is 0 Å². The lowest BCUT2D eigenvalue weighted by Gasteiger charge is -2.06. The van der Waals surface area contributed by atoms with Gasteiger partial charge < -0.3 is 0 Å². The van der Waals surface area contributed by atoms with Crippen LogP contribution in [0.15, 0.2) is 47.6 Å². The molecule has 2 heteroatoms. The molecule has 2 aromatic rings. The smallest absolute Gasteiger partial charge is 0.0994 e. The minimum atomic E-state index is 0.990. The molecule has 0 unspecified atom stereocenters. The average Bonchev–Trinajstić information content (AvgIpc) is 2.38. The highest BCUT2D eigenvalue weighted by Crippen LogP contribution is 2.24. The third-order valence-corrected chi connectivity index (χ3v) is 3.85. The van der Waals surface area contributed by atoms with Crippen molar-refractivity contribution in [3.05, 3.63) is 59.3 Å². The van der Waals surface area contributed by atoms with E-state index in [0.29, 0.717) is 0 Å². The van der Waals surface area contributed by atoms with Crippen molar-refractivity contribution in [3.63, 3.8) is 0 Å². The Balaban J connectivity index is 2.04. The minimum Gasteiger partial charge on any atom is -0.250 e. The predicted octanol–water partition coefficient (Wildman–Crippen LogP) is 4.24. The molecule has 2 rings (SSSR count). The van der Waals surface area contributed by atoms with Crippen molar-refractivity contribution in [1.29, 1.82) is 0 Å². The Bertz CT molecular complexity index is 477. The van der Waals surface area contributed by atoms with Crippen LogP contribution in [0.25, 0.3) is 0 Å².